The molecular weight excluding hydrogens is 390 g/mol. The standard InChI is InChI=1S/C21H32ClN5S/c1-15(2)27(16(3)4)13-12-23-20-18(28-6)19(22)24-21(25-20)26(5)14-17-10-8-7-9-11-17/h7-11,15-16H,12-14H2,1-6H3,(H,23,24,25). The van der Waals surface area contributed by atoms with Crippen LogP contribution in [0.2, 0.25) is 5.15 Å². The van der Waals surface area contributed by atoms with Gasteiger partial charge in [0.05, 0.1) is 4.90 Å². The van der Waals surface area contributed by atoms with Gasteiger partial charge in [0, 0.05) is 38.8 Å². The van der Waals surface area contributed by atoms with Crippen molar-refractivity contribution in [3.05, 3.63) is 41.0 Å². The predicted molar refractivity (Wildman–Crippen MR) is 123 cm³/mol. The Hall–Kier alpha value is -1.50. The normalized spacial score (nSPS) is 11.5. The largest absolute Gasteiger partial charge is 0.368 e. The zero-order valence-electron chi connectivity index (χ0n) is 17.7. The van der Waals surface area contributed by atoms with Crippen LogP contribution >= 0.6 is 23.4 Å². The molecule has 7 heteroatoms. The minimum absolute atomic E-state index is 0.490. The second kappa shape index (κ2) is 10.9. The Morgan fingerprint density at radius 3 is 2.29 bits per heavy atom. The van der Waals surface area contributed by atoms with Crippen LogP contribution in [0.15, 0.2) is 35.2 Å². The molecule has 0 aliphatic rings. The maximum atomic E-state index is 6.48. The molecule has 1 aromatic heterocycles. The number of anilines is 2. The summed E-state index contributed by atoms with van der Waals surface area (Å²) in [5.41, 5.74) is 1.21. The number of hydrogen-bond donors (Lipinski definition) is 1. The van der Waals surface area contributed by atoms with E-state index in [2.05, 4.69) is 55.0 Å². The van der Waals surface area contributed by atoms with Crippen LogP contribution in [-0.2, 0) is 6.54 Å². The van der Waals surface area contributed by atoms with Crippen molar-refractivity contribution in [3.63, 3.8) is 0 Å². The van der Waals surface area contributed by atoms with E-state index >= 15 is 0 Å². The van der Waals surface area contributed by atoms with Gasteiger partial charge in [-0.15, -0.1) is 11.8 Å². The average molecular weight is 422 g/mol. The van der Waals surface area contributed by atoms with Crippen molar-refractivity contribution in [1.29, 1.82) is 0 Å². The molecule has 0 saturated carbocycles. The molecule has 1 aromatic carbocycles. The topological polar surface area (TPSA) is 44.3 Å². The van der Waals surface area contributed by atoms with Crippen molar-refractivity contribution < 1.29 is 0 Å². The van der Waals surface area contributed by atoms with Crippen LogP contribution in [0.25, 0.3) is 0 Å². The van der Waals surface area contributed by atoms with E-state index in [1.54, 1.807) is 11.8 Å². The van der Waals surface area contributed by atoms with Gasteiger partial charge in [-0.2, -0.15) is 9.97 Å². The zero-order chi connectivity index (χ0) is 20.7. The minimum atomic E-state index is 0.490. The Kier molecular flexibility index (Phi) is 8.86. The zero-order valence-corrected chi connectivity index (χ0v) is 19.3. The highest BCUT2D eigenvalue weighted by atomic mass is 35.5. The summed E-state index contributed by atoms with van der Waals surface area (Å²) in [6.07, 6.45) is 2.00. The number of nitrogens with zero attached hydrogens (tertiary/aromatic N) is 4. The Balaban J connectivity index is 2.14. The highest BCUT2D eigenvalue weighted by Crippen LogP contribution is 2.32. The van der Waals surface area contributed by atoms with Crippen LogP contribution in [0, 0.1) is 0 Å². The average Bonchev–Trinajstić information content (AvgIpc) is 2.65. The lowest BCUT2D eigenvalue weighted by Gasteiger charge is -2.30. The Bertz CT molecular complexity index is 731. The van der Waals surface area contributed by atoms with Gasteiger partial charge in [0.2, 0.25) is 5.95 Å². The minimum Gasteiger partial charge on any atom is -0.368 e. The van der Waals surface area contributed by atoms with Crippen LogP contribution in [0.4, 0.5) is 11.8 Å². The predicted octanol–water partition coefficient (Wildman–Crippen LogP) is 5.02. The fourth-order valence-electron chi connectivity index (χ4n) is 3.23. The van der Waals surface area contributed by atoms with Gasteiger partial charge in [0.1, 0.15) is 11.0 Å². The first-order valence-corrected chi connectivity index (χ1v) is 11.3. The molecule has 2 aromatic rings. The molecule has 0 radical (unpaired) electrons. The lowest BCUT2D eigenvalue weighted by Crippen LogP contribution is -2.40. The molecule has 0 atom stereocenters. The van der Waals surface area contributed by atoms with Gasteiger partial charge >= 0.3 is 0 Å². The van der Waals surface area contributed by atoms with Crippen LogP contribution in [0.3, 0.4) is 0 Å². The summed E-state index contributed by atoms with van der Waals surface area (Å²) in [5, 5.41) is 3.97. The molecule has 0 aliphatic heterocycles. The molecule has 2 rings (SSSR count). The number of nitrogens with one attached hydrogen (secondary N) is 1. The summed E-state index contributed by atoms with van der Waals surface area (Å²) in [7, 11) is 1.99. The molecule has 0 unspecified atom stereocenters. The monoisotopic (exact) mass is 421 g/mol. The quantitative estimate of drug-likeness (QED) is 0.429. The third kappa shape index (κ3) is 6.26. The summed E-state index contributed by atoms with van der Waals surface area (Å²) in [6, 6.07) is 11.3. The lowest BCUT2D eigenvalue weighted by atomic mass is 10.2. The second-order valence-electron chi connectivity index (χ2n) is 7.39. The first kappa shape index (κ1) is 22.8. The second-order valence-corrected chi connectivity index (χ2v) is 8.56. The smallest absolute Gasteiger partial charge is 0.228 e. The van der Waals surface area contributed by atoms with Gasteiger partial charge in [0.15, 0.2) is 0 Å². The first-order valence-electron chi connectivity index (χ1n) is 9.69. The van der Waals surface area contributed by atoms with Crippen LogP contribution in [-0.4, -0.2) is 53.3 Å². The van der Waals surface area contributed by atoms with E-state index in [0.29, 0.717) is 23.2 Å². The van der Waals surface area contributed by atoms with Gasteiger partial charge in [0.25, 0.3) is 0 Å². The molecule has 0 amide bonds. The van der Waals surface area contributed by atoms with Crippen molar-refractivity contribution in [2.45, 2.75) is 51.2 Å². The van der Waals surface area contributed by atoms with Crippen LogP contribution < -0.4 is 10.2 Å². The first-order chi connectivity index (χ1) is 13.3. The van der Waals surface area contributed by atoms with Gasteiger partial charge < -0.3 is 10.2 Å². The number of benzene rings is 1. The van der Waals surface area contributed by atoms with Gasteiger partial charge in [-0.3, -0.25) is 4.90 Å². The van der Waals surface area contributed by atoms with E-state index in [1.165, 1.54) is 5.56 Å². The fraction of sp³-hybridized carbons (Fsp3) is 0.524. The molecule has 0 bridgehead atoms. The van der Waals surface area contributed by atoms with Gasteiger partial charge in [-0.1, -0.05) is 41.9 Å². The Morgan fingerprint density at radius 2 is 1.71 bits per heavy atom. The number of rotatable bonds is 10. The summed E-state index contributed by atoms with van der Waals surface area (Å²) in [4.78, 5) is 14.6. The fourth-order valence-corrected chi connectivity index (χ4v) is 4.15. The molecule has 154 valence electrons. The van der Waals surface area contributed by atoms with E-state index in [9.17, 15) is 0 Å². The maximum absolute atomic E-state index is 6.48. The molecule has 0 fully saturated rings. The molecular formula is C21H32ClN5S. The molecule has 5 nitrogen and oxygen atoms in total. The van der Waals surface area contributed by atoms with Crippen molar-refractivity contribution >= 4 is 35.1 Å². The third-order valence-electron chi connectivity index (χ3n) is 4.61. The number of halogens is 1. The SMILES string of the molecule is CSc1c(Cl)nc(N(C)Cc2ccccc2)nc1NCCN(C(C)C)C(C)C. The molecule has 0 saturated heterocycles. The Morgan fingerprint density at radius 1 is 1.07 bits per heavy atom. The van der Waals surface area contributed by atoms with Crippen molar-refractivity contribution in [2.24, 2.45) is 0 Å². The third-order valence-corrected chi connectivity index (χ3v) is 5.79. The van der Waals surface area contributed by atoms with Crippen LogP contribution in [0.1, 0.15) is 33.3 Å². The van der Waals surface area contributed by atoms with Crippen LogP contribution in [0.5, 0.6) is 0 Å². The highest BCUT2D eigenvalue weighted by molar-refractivity contribution is 7.98. The van der Waals surface area contributed by atoms with E-state index < -0.39 is 0 Å². The summed E-state index contributed by atoms with van der Waals surface area (Å²) >= 11 is 8.04. The van der Waals surface area contributed by atoms with Gasteiger partial charge in [-0.05, 0) is 39.5 Å². The Labute approximate surface area is 178 Å². The summed E-state index contributed by atoms with van der Waals surface area (Å²) in [5.74, 6) is 1.42. The molecule has 1 heterocycles. The van der Waals surface area contributed by atoms with Crippen molar-refractivity contribution in [2.75, 3.05) is 36.6 Å². The van der Waals surface area contributed by atoms with E-state index in [1.807, 2.05) is 36.4 Å². The van der Waals surface area contributed by atoms with E-state index in [0.717, 1.165) is 30.3 Å². The van der Waals surface area contributed by atoms with E-state index in [-0.39, 0.29) is 0 Å². The molecule has 0 aliphatic carbocycles. The number of hydrogen-bond acceptors (Lipinski definition) is 6. The lowest BCUT2D eigenvalue weighted by molar-refractivity contribution is 0.182. The van der Waals surface area contributed by atoms with E-state index in [4.69, 9.17) is 16.6 Å². The summed E-state index contributed by atoms with van der Waals surface area (Å²) < 4.78 is 0. The molecule has 28 heavy (non-hydrogen) atoms. The van der Waals surface area contributed by atoms with Gasteiger partial charge in [-0.25, -0.2) is 0 Å². The maximum Gasteiger partial charge on any atom is 0.228 e. The van der Waals surface area contributed by atoms with Crippen molar-refractivity contribution in [3.8, 4) is 0 Å². The molecule has 1 N–H and O–H groups in total. The number of thioether (sulfide) groups is 1. The molecule has 0 spiro atoms. The summed E-state index contributed by atoms with van der Waals surface area (Å²) in [6.45, 7) is 11.4. The highest BCUT2D eigenvalue weighted by Gasteiger charge is 2.17. The number of aromatic nitrogens is 2. The van der Waals surface area contributed by atoms with Crippen molar-refractivity contribution in [1.82, 2.24) is 14.9 Å².